The average Bonchev–Trinajstić information content (AvgIpc) is 2.97. The van der Waals surface area contributed by atoms with Gasteiger partial charge in [-0.1, -0.05) is 35.3 Å². The quantitative estimate of drug-likeness (QED) is 0.631. The molecule has 0 aliphatic rings. The maximum Gasteiger partial charge on any atom is 0.192 e. The zero-order valence-electron chi connectivity index (χ0n) is 9.77. The summed E-state index contributed by atoms with van der Waals surface area (Å²) in [5.74, 6) is 0.0364. The number of ketones is 1. The van der Waals surface area contributed by atoms with Gasteiger partial charge in [-0.3, -0.25) is 4.79 Å². The maximum absolute atomic E-state index is 12.2. The number of carbonyl (C=O) groups is 1. The minimum Gasteiger partial charge on any atom is -0.338 e. The lowest BCUT2D eigenvalue weighted by molar-refractivity contribution is 0.0977. The average molecular weight is 310 g/mol. The number of Topliss-reactive ketones (excluding diaryl/α,β-unsaturated/α-hetero) is 1. The largest absolute Gasteiger partial charge is 0.338 e. The summed E-state index contributed by atoms with van der Waals surface area (Å²) < 4.78 is 2.49. The van der Waals surface area contributed by atoms with E-state index in [1.807, 2.05) is 35.0 Å². The summed E-state index contributed by atoms with van der Waals surface area (Å²) >= 11 is 13.3. The number of para-hydroxylation sites is 1. The van der Waals surface area contributed by atoms with Crippen LogP contribution in [-0.2, 0) is 6.54 Å². The van der Waals surface area contributed by atoms with Gasteiger partial charge < -0.3 is 4.57 Å². The summed E-state index contributed by atoms with van der Waals surface area (Å²) in [5.41, 5.74) is 0.889. The van der Waals surface area contributed by atoms with Crippen LogP contribution in [0.1, 0.15) is 9.67 Å². The summed E-state index contributed by atoms with van der Waals surface area (Å²) in [5, 5.41) is 1.68. The highest BCUT2D eigenvalue weighted by Gasteiger charge is 2.12. The molecule has 0 spiro atoms. The second-order valence-corrected chi connectivity index (χ2v) is 6.27. The van der Waals surface area contributed by atoms with Crippen LogP contribution in [0.4, 0.5) is 0 Å². The van der Waals surface area contributed by atoms with Gasteiger partial charge in [-0.25, -0.2) is 0 Å². The minimum atomic E-state index is 0.0364. The highest BCUT2D eigenvalue weighted by atomic mass is 35.5. The number of benzene rings is 1. The van der Waals surface area contributed by atoms with Crippen molar-refractivity contribution in [1.82, 2.24) is 4.57 Å². The molecule has 0 atom stereocenters. The Morgan fingerprint density at radius 3 is 2.74 bits per heavy atom. The van der Waals surface area contributed by atoms with E-state index in [0.717, 1.165) is 10.9 Å². The maximum atomic E-state index is 12.2. The number of fused-ring (bicyclic) bond motifs is 1. The molecule has 5 heteroatoms. The zero-order chi connectivity index (χ0) is 13.4. The topological polar surface area (TPSA) is 22.0 Å². The molecule has 2 heterocycles. The van der Waals surface area contributed by atoms with Gasteiger partial charge >= 0.3 is 0 Å². The predicted octanol–water partition coefficient (Wildman–Crippen LogP) is 4.89. The molecule has 3 rings (SSSR count). The fraction of sp³-hybridized carbons (Fsp3) is 0.0714. The van der Waals surface area contributed by atoms with Crippen molar-refractivity contribution in [2.24, 2.45) is 0 Å². The van der Waals surface area contributed by atoms with Crippen LogP contribution in [0, 0.1) is 0 Å². The van der Waals surface area contributed by atoms with Crippen LogP contribution in [0.3, 0.4) is 0 Å². The molecule has 0 saturated heterocycles. The lowest BCUT2D eigenvalue weighted by Crippen LogP contribution is -2.08. The summed E-state index contributed by atoms with van der Waals surface area (Å²) in [6.45, 7) is 0.268. The third-order valence-corrected chi connectivity index (χ3v) is 4.48. The fourth-order valence-electron chi connectivity index (χ4n) is 2.04. The first-order valence-electron chi connectivity index (χ1n) is 5.67. The van der Waals surface area contributed by atoms with Crippen molar-refractivity contribution in [1.29, 1.82) is 0 Å². The summed E-state index contributed by atoms with van der Waals surface area (Å²) in [4.78, 5) is 12.8. The molecule has 0 saturated carbocycles. The van der Waals surface area contributed by atoms with Crippen molar-refractivity contribution in [3.05, 3.63) is 56.8 Å². The minimum absolute atomic E-state index is 0.0364. The third kappa shape index (κ3) is 2.41. The Bertz CT molecular complexity index is 760. The lowest BCUT2D eigenvalue weighted by Gasteiger charge is -2.05. The molecule has 0 aliphatic heterocycles. The van der Waals surface area contributed by atoms with Crippen molar-refractivity contribution in [2.45, 2.75) is 6.54 Å². The van der Waals surface area contributed by atoms with E-state index < -0.39 is 0 Å². The highest BCUT2D eigenvalue weighted by molar-refractivity contribution is 7.18. The molecule has 0 amide bonds. The van der Waals surface area contributed by atoms with Gasteiger partial charge in [0.1, 0.15) is 0 Å². The fourth-order valence-corrected chi connectivity index (χ4v) is 3.31. The molecule has 0 bridgehead atoms. The summed E-state index contributed by atoms with van der Waals surface area (Å²) in [6, 6.07) is 11.1. The Morgan fingerprint density at radius 2 is 2.00 bits per heavy atom. The van der Waals surface area contributed by atoms with Crippen LogP contribution in [-0.4, -0.2) is 10.4 Å². The van der Waals surface area contributed by atoms with Gasteiger partial charge in [-0.05, 0) is 24.3 Å². The smallest absolute Gasteiger partial charge is 0.192 e. The molecule has 0 N–H and O–H groups in total. The Hall–Kier alpha value is -1.29. The van der Waals surface area contributed by atoms with Gasteiger partial charge in [0, 0.05) is 11.6 Å². The molecule has 2 aromatic heterocycles. The summed E-state index contributed by atoms with van der Waals surface area (Å²) in [6.07, 6.45) is 1.88. The number of hydrogen-bond acceptors (Lipinski definition) is 2. The molecule has 3 aromatic rings. The second kappa shape index (κ2) is 5.00. The van der Waals surface area contributed by atoms with Gasteiger partial charge in [-0.15, -0.1) is 11.3 Å². The van der Waals surface area contributed by atoms with Crippen LogP contribution < -0.4 is 0 Å². The van der Waals surface area contributed by atoms with Gasteiger partial charge in [0.15, 0.2) is 5.78 Å². The monoisotopic (exact) mass is 309 g/mol. The number of nitrogens with zero attached hydrogens (tertiary/aromatic N) is 1. The van der Waals surface area contributed by atoms with Crippen molar-refractivity contribution in [2.75, 3.05) is 0 Å². The first-order chi connectivity index (χ1) is 9.15. The molecule has 19 heavy (non-hydrogen) atoms. The molecule has 0 aliphatic carbocycles. The van der Waals surface area contributed by atoms with Crippen molar-refractivity contribution in [3.8, 4) is 0 Å². The van der Waals surface area contributed by atoms with E-state index in [0.29, 0.717) is 14.2 Å². The van der Waals surface area contributed by atoms with E-state index in [2.05, 4.69) is 0 Å². The molecule has 0 fully saturated rings. The Kier molecular flexibility index (Phi) is 3.35. The van der Waals surface area contributed by atoms with E-state index in [1.54, 1.807) is 12.1 Å². The van der Waals surface area contributed by atoms with Gasteiger partial charge in [0.25, 0.3) is 0 Å². The summed E-state index contributed by atoms with van der Waals surface area (Å²) in [7, 11) is 0. The van der Waals surface area contributed by atoms with E-state index in [9.17, 15) is 4.79 Å². The van der Waals surface area contributed by atoms with Crippen LogP contribution in [0.5, 0.6) is 0 Å². The van der Waals surface area contributed by atoms with E-state index >= 15 is 0 Å². The molecule has 96 valence electrons. The van der Waals surface area contributed by atoms with Crippen LogP contribution >= 0.6 is 34.5 Å². The van der Waals surface area contributed by atoms with Crippen molar-refractivity contribution in [3.63, 3.8) is 0 Å². The second-order valence-electron chi connectivity index (χ2n) is 4.15. The number of aromatic nitrogens is 1. The number of carbonyl (C=O) groups excluding carboxylic acids is 1. The first-order valence-corrected chi connectivity index (χ1v) is 7.24. The SMILES string of the molecule is O=C(Cn1ccc2cccc(Cl)c21)c1ccc(Cl)s1. The van der Waals surface area contributed by atoms with Crippen molar-refractivity contribution < 1.29 is 4.79 Å². The molecular formula is C14H9Cl2NOS. The molecule has 1 aromatic carbocycles. The van der Waals surface area contributed by atoms with Crippen LogP contribution in [0.2, 0.25) is 9.36 Å². The number of thiophene rings is 1. The number of rotatable bonds is 3. The Morgan fingerprint density at radius 1 is 1.16 bits per heavy atom. The van der Waals surface area contributed by atoms with E-state index in [-0.39, 0.29) is 12.3 Å². The molecule has 0 radical (unpaired) electrons. The van der Waals surface area contributed by atoms with E-state index in [4.69, 9.17) is 23.2 Å². The highest BCUT2D eigenvalue weighted by Crippen LogP contribution is 2.26. The van der Waals surface area contributed by atoms with Gasteiger partial charge in [0.2, 0.25) is 0 Å². The standard InChI is InChI=1S/C14H9Cl2NOS/c15-10-3-1-2-9-6-7-17(14(9)10)8-11(18)12-4-5-13(16)19-12/h1-7H,8H2. The van der Waals surface area contributed by atoms with Crippen LogP contribution in [0.15, 0.2) is 42.6 Å². The predicted molar refractivity (Wildman–Crippen MR) is 80.6 cm³/mol. The van der Waals surface area contributed by atoms with Gasteiger partial charge in [0.05, 0.1) is 26.3 Å². The molecule has 2 nitrogen and oxygen atoms in total. The lowest BCUT2D eigenvalue weighted by atomic mass is 10.2. The number of hydrogen-bond donors (Lipinski definition) is 0. The normalized spacial score (nSPS) is 11.1. The van der Waals surface area contributed by atoms with Gasteiger partial charge in [-0.2, -0.15) is 0 Å². The molecule has 0 unspecified atom stereocenters. The van der Waals surface area contributed by atoms with Crippen LogP contribution in [0.25, 0.3) is 10.9 Å². The first kappa shape index (κ1) is 12.7. The third-order valence-electron chi connectivity index (χ3n) is 2.90. The van der Waals surface area contributed by atoms with E-state index in [1.165, 1.54) is 11.3 Å². The number of halogens is 2. The zero-order valence-corrected chi connectivity index (χ0v) is 12.1. The Balaban J connectivity index is 1.96. The molecular weight excluding hydrogens is 301 g/mol. The van der Waals surface area contributed by atoms with Crippen molar-refractivity contribution >= 4 is 51.2 Å². The Labute approximate surface area is 124 Å².